The van der Waals surface area contributed by atoms with Crippen molar-refractivity contribution in [1.82, 2.24) is 0 Å². The lowest BCUT2D eigenvalue weighted by Gasteiger charge is -2.13. The van der Waals surface area contributed by atoms with Crippen LogP contribution in [-0.2, 0) is 19.6 Å². The van der Waals surface area contributed by atoms with E-state index in [4.69, 9.17) is 9.29 Å². The molecule has 0 heterocycles. The van der Waals surface area contributed by atoms with Gasteiger partial charge in [-0.2, -0.15) is 8.42 Å². The predicted octanol–water partition coefficient (Wildman–Crippen LogP) is 2.41. The van der Waals surface area contributed by atoms with Gasteiger partial charge in [-0.15, -0.1) is 0 Å². The third-order valence-electron chi connectivity index (χ3n) is 2.77. The lowest BCUT2D eigenvalue weighted by atomic mass is 10.00. The van der Waals surface area contributed by atoms with Crippen LogP contribution < -0.4 is 0 Å². The third-order valence-corrected chi connectivity index (χ3v) is 3.58. The van der Waals surface area contributed by atoms with Gasteiger partial charge in [-0.1, -0.05) is 26.7 Å². The summed E-state index contributed by atoms with van der Waals surface area (Å²) in [5.41, 5.74) is 0. The first-order valence-corrected chi connectivity index (χ1v) is 8.13. The standard InChI is InChI=1S/C12H24O5S/c1-3-5-8-11(4-2)12(13)17-9-6-7-10-18(14,15)16/h11H,3-10H2,1-2H3,(H,14,15,16). The first-order valence-electron chi connectivity index (χ1n) is 6.52. The third kappa shape index (κ3) is 9.41. The maximum absolute atomic E-state index is 11.7. The number of carbonyl (C=O) groups excluding carboxylic acids is 1. The van der Waals surface area contributed by atoms with E-state index in [1.807, 2.05) is 6.92 Å². The minimum atomic E-state index is -3.90. The molecule has 0 amide bonds. The van der Waals surface area contributed by atoms with Gasteiger partial charge in [0.05, 0.1) is 18.3 Å². The summed E-state index contributed by atoms with van der Waals surface area (Å²) in [6.07, 6.45) is 4.43. The van der Waals surface area contributed by atoms with Gasteiger partial charge in [0.15, 0.2) is 0 Å². The van der Waals surface area contributed by atoms with E-state index in [0.717, 1.165) is 25.7 Å². The maximum Gasteiger partial charge on any atom is 0.308 e. The van der Waals surface area contributed by atoms with Crippen LogP contribution in [0.15, 0.2) is 0 Å². The molecule has 0 aromatic rings. The lowest BCUT2D eigenvalue weighted by Crippen LogP contribution is -2.18. The number of ether oxygens (including phenoxy) is 1. The van der Waals surface area contributed by atoms with E-state index in [9.17, 15) is 13.2 Å². The molecule has 1 N–H and O–H groups in total. The average Bonchev–Trinajstić information content (AvgIpc) is 2.28. The minimum absolute atomic E-state index is 0.0495. The minimum Gasteiger partial charge on any atom is -0.465 e. The van der Waals surface area contributed by atoms with Gasteiger partial charge in [0, 0.05) is 0 Å². The van der Waals surface area contributed by atoms with Crippen molar-refractivity contribution in [2.45, 2.75) is 52.4 Å². The molecular formula is C12H24O5S. The van der Waals surface area contributed by atoms with E-state index >= 15 is 0 Å². The summed E-state index contributed by atoms with van der Waals surface area (Å²) < 4.78 is 34.5. The summed E-state index contributed by atoms with van der Waals surface area (Å²) in [5, 5.41) is 0. The Morgan fingerprint density at radius 2 is 1.89 bits per heavy atom. The molecule has 0 aliphatic heterocycles. The Morgan fingerprint density at radius 3 is 2.39 bits per heavy atom. The number of hydrogen-bond donors (Lipinski definition) is 1. The molecular weight excluding hydrogens is 256 g/mol. The molecule has 18 heavy (non-hydrogen) atoms. The molecule has 0 rings (SSSR count). The molecule has 0 saturated heterocycles. The Hall–Kier alpha value is -0.620. The number of carbonyl (C=O) groups is 1. The van der Waals surface area contributed by atoms with Gasteiger partial charge in [0.25, 0.3) is 10.1 Å². The zero-order chi connectivity index (χ0) is 14.0. The second-order valence-electron chi connectivity index (χ2n) is 4.41. The van der Waals surface area contributed by atoms with E-state index < -0.39 is 10.1 Å². The first kappa shape index (κ1) is 17.4. The zero-order valence-electron chi connectivity index (χ0n) is 11.2. The van der Waals surface area contributed by atoms with Crippen LogP contribution in [0.2, 0.25) is 0 Å². The molecule has 0 aliphatic carbocycles. The quantitative estimate of drug-likeness (QED) is 0.377. The van der Waals surface area contributed by atoms with E-state index in [1.165, 1.54) is 0 Å². The van der Waals surface area contributed by atoms with Gasteiger partial charge in [-0.3, -0.25) is 9.35 Å². The van der Waals surface area contributed by atoms with Crippen LogP contribution in [0.3, 0.4) is 0 Å². The first-order chi connectivity index (χ1) is 8.40. The summed E-state index contributed by atoms with van der Waals surface area (Å²) >= 11 is 0. The van der Waals surface area contributed by atoms with Crippen LogP contribution in [0.1, 0.15) is 52.4 Å². The molecule has 1 atom stereocenters. The molecule has 0 radical (unpaired) electrons. The molecule has 0 aliphatic rings. The van der Waals surface area contributed by atoms with Gasteiger partial charge in [-0.05, 0) is 25.7 Å². The number of rotatable bonds is 10. The molecule has 0 aromatic carbocycles. The van der Waals surface area contributed by atoms with Crippen molar-refractivity contribution in [3.63, 3.8) is 0 Å². The number of hydrogen-bond acceptors (Lipinski definition) is 4. The van der Waals surface area contributed by atoms with Crippen LogP contribution in [0.25, 0.3) is 0 Å². The van der Waals surface area contributed by atoms with Gasteiger partial charge in [0.2, 0.25) is 0 Å². The van der Waals surface area contributed by atoms with E-state index in [1.54, 1.807) is 0 Å². The molecule has 1 unspecified atom stereocenters. The Labute approximate surface area is 110 Å². The SMILES string of the molecule is CCCCC(CC)C(=O)OCCCCS(=O)(=O)O. The van der Waals surface area contributed by atoms with Gasteiger partial charge < -0.3 is 4.74 Å². The highest BCUT2D eigenvalue weighted by atomic mass is 32.2. The Kier molecular flexibility index (Phi) is 9.01. The molecule has 108 valence electrons. The fourth-order valence-electron chi connectivity index (χ4n) is 1.62. The molecule has 0 saturated carbocycles. The fourth-order valence-corrected chi connectivity index (χ4v) is 2.19. The van der Waals surface area contributed by atoms with Crippen molar-refractivity contribution in [2.75, 3.05) is 12.4 Å². The summed E-state index contributed by atoms with van der Waals surface area (Å²) in [6, 6.07) is 0. The topological polar surface area (TPSA) is 80.7 Å². The highest BCUT2D eigenvalue weighted by Crippen LogP contribution is 2.14. The number of unbranched alkanes of at least 4 members (excludes halogenated alkanes) is 2. The average molecular weight is 280 g/mol. The summed E-state index contributed by atoms with van der Waals surface area (Å²) in [5.74, 6) is -0.526. The van der Waals surface area contributed by atoms with Gasteiger partial charge in [-0.25, -0.2) is 0 Å². The van der Waals surface area contributed by atoms with Crippen LogP contribution in [0, 0.1) is 5.92 Å². The second kappa shape index (κ2) is 9.33. The zero-order valence-corrected chi connectivity index (χ0v) is 12.0. The molecule has 5 nitrogen and oxygen atoms in total. The molecule has 0 bridgehead atoms. The van der Waals surface area contributed by atoms with E-state index in [-0.39, 0.29) is 24.2 Å². The van der Waals surface area contributed by atoms with Crippen molar-refractivity contribution in [1.29, 1.82) is 0 Å². The monoisotopic (exact) mass is 280 g/mol. The van der Waals surface area contributed by atoms with Crippen LogP contribution >= 0.6 is 0 Å². The molecule has 0 aromatic heterocycles. The van der Waals surface area contributed by atoms with Gasteiger partial charge >= 0.3 is 5.97 Å². The molecule has 0 fully saturated rings. The summed E-state index contributed by atoms with van der Waals surface area (Å²) in [7, 11) is -3.90. The predicted molar refractivity (Wildman–Crippen MR) is 69.9 cm³/mol. The summed E-state index contributed by atoms with van der Waals surface area (Å²) in [4.78, 5) is 11.7. The molecule has 0 spiro atoms. The Balaban J connectivity index is 3.74. The maximum atomic E-state index is 11.7. The van der Waals surface area contributed by atoms with E-state index in [2.05, 4.69) is 6.92 Å². The van der Waals surface area contributed by atoms with Crippen LogP contribution in [0.4, 0.5) is 0 Å². The Bertz CT molecular complexity index is 323. The largest absolute Gasteiger partial charge is 0.465 e. The van der Waals surface area contributed by atoms with Crippen molar-refractivity contribution < 1.29 is 22.5 Å². The van der Waals surface area contributed by atoms with Crippen molar-refractivity contribution in [3.8, 4) is 0 Å². The molecule has 6 heteroatoms. The highest BCUT2D eigenvalue weighted by Gasteiger charge is 2.17. The second-order valence-corrected chi connectivity index (χ2v) is 5.98. The lowest BCUT2D eigenvalue weighted by molar-refractivity contribution is -0.149. The van der Waals surface area contributed by atoms with E-state index in [0.29, 0.717) is 12.8 Å². The summed E-state index contributed by atoms with van der Waals surface area (Å²) in [6.45, 7) is 4.25. The van der Waals surface area contributed by atoms with Crippen LogP contribution in [0.5, 0.6) is 0 Å². The normalized spacial score (nSPS) is 13.3. The fraction of sp³-hybridized carbons (Fsp3) is 0.917. The van der Waals surface area contributed by atoms with Crippen molar-refractivity contribution in [3.05, 3.63) is 0 Å². The van der Waals surface area contributed by atoms with Crippen molar-refractivity contribution in [2.24, 2.45) is 5.92 Å². The van der Waals surface area contributed by atoms with Crippen molar-refractivity contribution >= 4 is 16.1 Å². The Morgan fingerprint density at radius 1 is 1.22 bits per heavy atom. The smallest absolute Gasteiger partial charge is 0.308 e. The highest BCUT2D eigenvalue weighted by molar-refractivity contribution is 7.85. The van der Waals surface area contributed by atoms with Crippen LogP contribution in [-0.4, -0.2) is 31.3 Å². The van der Waals surface area contributed by atoms with Gasteiger partial charge in [0.1, 0.15) is 0 Å². The number of esters is 1.